The van der Waals surface area contributed by atoms with Crippen molar-refractivity contribution >= 4 is 16.9 Å². The van der Waals surface area contributed by atoms with Crippen LogP contribution in [0.2, 0.25) is 0 Å². The summed E-state index contributed by atoms with van der Waals surface area (Å²) in [6, 6.07) is 6.80. The Hall–Kier alpha value is -1.77. The first-order valence-corrected chi connectivity index (χ1v) is 12.7. The van der Waals surface area contributed by atoms with Crippen molar-refractivity contribution in [1.29, 1.82) is 0 Å². The Labute approximate surface area is 198 Å². The lowest BCUT2D eigenvalue weighted by atomic mass is 9.72. The summed E-state index contributed by atoms with van der Waals surface area (Å²) in [6.45, 7) is 5.48. The zero-order valence-electron chi connectivity index (χ0n) is 19.1. The number of amidine groups is 1. The molecule has 8 heteroatoms. The van der Waals surface area contributed by atoms with Crippen molar-refractivity contribution < 1.29 is 17.9 Å². The summed E-state index contributed by atoms with van der Waals surface area (Å²) in [6.07, 6.45) is 9.84. The van der Waals surface area contributed by atoms with Crippen LogP contribution >= 0.6 is 11.8 Å². The highest BCUT2D eigenvalue weighted by Gasteiger charge is 2.46. The summed E-state index contributed by atoms with van der Waals surface area (Å²) in [7, 11) is 0. The molecule has 3 aliphatic rings. The molecule has 0 N–H and O–H groups in total. The number of allylic oxidation sites excluding steroid dienone is 1. The maximum Gasteiger partial charge on any atom is 0.345 e. The van der Waals surface area contributed by atoms with Gasteiger partial charge in [-0.2, -0.15) is 8.78 Å². The first-order chi connectivity index (χ1) is 15.9. The molecule has 0 bridgehead atoms. The molecule has 2 aliphatic heterocycles. The normalized spacial score (nSPS) is 25.5. The van der Waals surface area contributed by atoms with E-state index in [0.717, 1.165) is 61.9 Å². The molecular weight excluding hydrogens is 447 g/mol. The van der Waals surface area contributed by atoms with Crippen molar-refractivity contribution in [3.63, 3.8) is 0 Å². The molecule has 4 rings (SSSR count). The number of likely N-dealkylation sites (tertiary alicyclic amines) is 2. The van der Waals surface area contributed by atoms with Crippen molar-refractivity contribution in [2.75, 3.05) is 32.4 Å². The standard InChI is InChI=1S/C25H32F3N3OS/c1-18(15-19-3-5-20(26)6-4-19)29-24(33-2)31-16-25(17-31)11-13-30(14-12-25)21-7-9-22(10-8-21)32-23(27)28/h3-7,9,21-23H,1,8,10-17H2,2H3. The van der Waals surface area contributed by atoms with Crippen LogP contribution in [0.4, 0.5) is 13.2 Å². The predicted molar refractivity (Wildman–Crippen MR) is 128 cm³/mol. The number of benzene rings is 1. The van der Waals surface area contributed by atoms with Crippen molar-refractivity contribution in [2.24, 2.45) is 10.4 Å². The highest BCUT2D eigenvalue weighted by molar-refractivity contribution is 8.13. The third-order valence-electron chi connectivity index (χ3n) is 6.98. The fourth-order valence-corrected chi connectivity index (χ4v) is 5.74. The van der Waals surface area contributed by atoms with Crippen molar-refractivity contribution in [1.82, 2.24) is 9.80 Å². The Morgan fingerprint density at radius 2 is 1.88 bits per heavy atom. The summed E-state index contributed by atoms with van der Waals surface area (Å²) < 4.78 is 42.5. The van der Waals surface area contributed by atoms with Gasteiger partial charge in [-0.1, -0.05) is 42.6 Å². The summed E-state index contributed by atoms with van der Waals surface area (Å²) >= 11 is 1.64. The van der Waals surface area contributed by atoms with E-state index in [1.54, 1.807) is 30.0 Å². The largest absolute Gasteiger partial charge is 0.350 e. The quantitative estimate of drug-likeness (QED) is 0.313. The van der Waals surface area contributed by atoms with E-state index in [-0.39, 0.29) is 5.82 Å². The number of hydrogen-bond donors (Lipinski definition) is 0. The van der Waals surface area contributed by atoms with Crippen LogP contribution in [-0.4, -0.2) is 66.2 Å². The Kier molecular flexibility index (Phi) is 7.87. The predicted octanol–water partition coefficient (Wildman–Crippen LogP) is 5.33. The molecule has 1 spiro atoms. The van der Waals surface area contributed by atoms with Crippen molar-refractivity contribution in [2.45, 2.75) is 50.9 Å². The molecule has 2 saturated heterocycles. The van der Waals surface area contributed by atoms with E-state index < -0.39 is 12.7 Å². The molecule has 2 atom stereocenters. The number of rotatable bonds is 6. The Morgan fingerprint density at radius 3 is 2.45 bits per heavy atom. The van der Waals surface area contributed by atoms with E-state index in [4.69, 9.17) is 4.99 Å². The molecule has 180 valence electrons. The number of hydrogen-bond acceptors (Lipinski definition) is 4. The van der Waals surface area contributed by atoms with Crippen LogP contribution in [0.5, 0.6) is 0 Å². The first kappa shape index (κ1) is 24.4. The molecule has 1 aromatic rings. The van der Waals surface area contributed by atoms with Crippen LogP contribution in [0.1, 0.15) is 31.2 Å². The number of aliphatic imine (C=N–C) groups is 1. The van der Waals surface area contributed by atoms with Gasteiger partial charge in [-0.3, -0.25) is 4.90 Å². The minimum atomic E-state index is -2.71. The van der Waals surface area contributed by atoms with E-state index in [9.17, 15) is 13.2 Å². The molecule has 33 heavy (non-hydrogen) atoms. The molecule has 0 aromatic heterocycles. The Bertz CT molecular complexity index is 873. The monoisotopic (exact) mass is 479 g/mol. The summed E-state index contributed by atoms with van der Waals surface area (Å²) in [5.74, 6) is -0.237. The average molecular weight is 480 g/mol. The summed E-state index contributed by atoms with van der Waals surface area (Å²) in [5.41, 5.74) is 2.12. The fraction of sp³-hybridized carbons (Fsp3) is 0.560. The number of thioether (sulfide) groups is 1. The molecule has 0 radical (unpaired) electrons. The number of piperidine rings is 1. The molecule has 2 heterocycles. The van der Waals surface area contributed by atoms with Gasteiger partial charge in [0.2, 0.25) is 0 Å². The Balaban J connectivity index is 1.25. The van der Waals surface area contributed by atoms with E-state index in [0.29, 0.717) is 24.3 Å². The van der Waals surface area contributed by atoms with Crippen LogP contribution in [0.15, 0.2) is 53.7 Å². The summed E-state index contributed by atoms with van der Waals surface area (Å²) in [4.78, 5) is 9.58. The number of ether oxygens (including phenoxy) is 1. The first-order valence-electron chi connectivity index (χ1n) is 11.5. The van der Waals surface area contributed by atoms with Gasteiger partial charge in [0.25, 0.3) is 0 Å². The zero-order valence-corrected chi connectivity index (χ0v) is 19.9. The molecule has 0 amide bonds. The molecule has 1 aromatic carbocycles. The lowest BCUT2D eigenvalue weighted by molar-refractivity contribution is -0.153. The maximum atomic E-state index is 13.1. The molecular formula is C25H32F3N3OS. The lowest BCUT2D eigenvalue weighted by Crippen LogP contribution is -2.62. The molecule has 2 fully saturated rings. The highest BCUT2D eigenvalue weighted by Crippen LogP contribution is 2.42. The third kappa shape index (κ3) is 6.22. The topological polar surface area (TPSA) is 28.1 Å². The second-order valence-electron chi connectivity index (χ2n) is 9.32. The van der Waals surface area contributed by atoms with Crippen LogP contribution in [0, 0.1) is 11.2 Å². The smallest absolute Gasteiger partial charge is 0.345 e. The van der Waals surface area contributed by atoms with E-state index >= 15 is 0 Å². The van der Waals surface area contributed by atoms with Gasteiger partial charge in [0.05, 0.1) is 6.10 Å². The van der Waals surface area contributed by atoms with Crippen LogP contribution in [0.3, 0.4) is 0 Å². The van der Waals surface area contributed by atoms with Crippen LogP contribution < -0.4 is 0 Å². The molecule has 0 saturated carbocycles. The minimum absolute atomic E-state index is 0.237. The van der Waals surface area contributed by atoms with E-state index in [1.165, 1.54) is 12.1 Å². The second kappa shape index (κ2) is 10.7. The maximum absolute atomic E-state index is 13.1. The van der Waals surface area contributed by atoms with Crippen molar-refractivity contribution in [3.05, 3.63) is 60.1 Å². The van der Waals surface area contributed by atoms with Gasteiger partial charge in [-0.05, 0) is 62.7 Å². The lowest BCUT2D eigenvalue weighted by Gasteiger charge is -2.55. The van der Waals surface area contributed by atoms with Gasteiger partial charge in [0.15, 0.2) is 5.17 Å². The third-order valence-corrected chi connectivity index (χ3v) is 7.70. The van der Waals surface area contributed by atoms with E-state index in [1.807, 2.05) is 12.3 Å². The minimum Gasteiger partial charge on any atom is -0.350 e. The van der Waals surface area contributed by atoms with Crippen molar-refractivity contribution in [3.8, 4) is 0 Å². The fourth-order valence-electron chi connectivity index (χ4n) is 5.13. The SMILES string of the molecule is C=C(Cc1ccc(F)cc1)N=C(SC)N1CC2(CCN(C3C=CC(OC(F)F)CC3)CC2)C1. The molecule has 1 aliphatic carbocycles. The molecule has 4 nitrogen and oxygen atoms in total. The number of alkyl halides is 2. The van der Waals surface area contributed by atoms with Gasteiger partial charge in [0, 0.05) is 36.7 Å². The van der Waals surface area contributed by atoms with Gasteiger partial charge in [0.1, 0.15) is 5.82 Å². The van der Waals surface area contributed by atoms with Crippen LogP contribution in [-0.2, 0) is 11.2 Å². The number of halogens is 3. The molecule has 2 unspecified atom stereocenters. The summed E-state index contributed by atoms with van der Waals surface area (Å²) in [5, 5.41) is 0.996. The van der Waals surface area contributed by atoms with Gasteiger partial charge >= 0.3 is 6.61 Å². The Morgan fingerprint density at radius 1 is 1.18 bits per heavy atom. The second-order valence-corrected chi connectivity index (χ2v) is 10.1. The van der Waals surface area contributed by atoms with Gasteiger partial charge < -0.3 is 9.64 Å². The highest BCUT2D eigenvalue weighted by atomic mass is 32.2. The van der Waals surface area contributed by atoms with Gasteiger partial charge in [-0.25, -0.2) is 9.38 Å². The average Bonchev–Trinajstić information content (AvgIpc) is 2.78. The van der Waals surface area contributed by atoms with Crippen LogP contribution in [0.25, 0.3) is 0 Å². The van der Waals surface area contributed by atoms with Gasteiger partial charge in [-0.15, -0.1) is 0 Å². The zero-order chi connectivity index (χ0) is 23.4. The van der Waals surface area contributed by atoms with E-state index in [2.05, 4.69) is 21.1 Å². The number of nitrogens with zero attached hydrogens (tertiary/aromatic N) is 3.